The molecular weight excluding hydrogens is 262 g/mol. The zero-order valence-electron chi connectivity index (χ0n) is 9.91. The normalized spacial score (nSPS) is 18.1. The van der Waals surface area contributed by atoms with Gasteiger partial charge in [-0.3, -0.25) is 15.1 Å². The van der Waals surface area contributed by atoms with Crippen molar-refractivity contribution in [1.82, 2.24) is 15.2 Å². The molecule has 2 N–H and O–H groups in total. The molecule has 0 fully saturated rings. The van der Waals surface area contributed by atoms with Gasteiger partial charge >= 0.3 is 0 Å². The second-order valence-electron chi connectivity index (χ2n) is 3.95. The van der Waals surface area contributed by atoms with Gasteiger partial charge in [0.2, 0.25) is 5.95 Å². The molecule has 6 nitrogen and oxygen atoms in total. The molecule has 96 valence electrons. The molecule has 2 heterocycles. The highest BCUT2D eigenvalue weighted by molar-refractivity contribution is 8.14. The third-order valence-electron chi connectivity index (χ3n) is 2.63. The standard InChI is InChI=1S/C12H11N5OS/c18-10(16-12-13-7-14-17-12)9-6-19-11(15-9)8-4-2-1-3-5-8/h1-5,7,9H,6H2,(H2,13,14,16,17,18). The highest BCUT2D eigenvalue weighted by atomic mass is 32.2. The predicted molar refractivity (Wildman–Crippen MR) is 74.2 cm³/mol. The highest BCUT2D eigenvalue weighted by Crippen LogP contribution is 2.23. The second-order valence-corrected chi connectivity index (χ2v) is 4.96. The smallest absolute Gasteiger partial charge is 0.252 e. The van der Waals surface area contributed by atoms with Gasteiger partial charge in [-0.2, -0.15) is 10.1 Å². The third-order valence-corrected chi connectivity index (χ3v) is 3.73. The quantitative estimate of drug-likeness (QED) is 0.883. The molecule has 0 bridgehead atoms. The largest absolute Gasteiger partial charge is 0.293 e. The number of H-pyrrole nitrogens is 1. The van der Waals surface area contributed by atoms with Crippen molar-refractivity contribution in [2.75, 3.05) is 11.1 Å². The van der Waals surface area contributed by atoms with E-state index in [0.29, 0.717) is 11.7 Å². The fourth-order valence-electron chi connectivity index (χ4n) is 1.71. The first kappa shape index (κ1) is 11.9. The average Bonchev–Trinajstić information content (AvgIpc) is 3.10. The minimum Gasteiger partial charge on any atom is -0.293 e. The second kappa shape index (κ2) is 5.23. The number of thioether (sulfide) groups is 1. The van der Waals surface area contributed by atoms with Crippen molar-refractivity contribution in [1.29, 1.82) is 0 Å². The van der Waals surface area contributed by atoms with E-state index < -0.39 is 0 Å². The van der Waals surface area contributed by atoms with Crippen LogP contribution < -0.4 is 5.32 Å². The lowest BCUT2D eigenvalue weighted by Gasteiger charge is -2.04. The maximum atomic E-state index is 12.0. The molecule has 1 atom stereocenters. The Bertz CT molecular complexity index is 596. The van der Waals surface area contributed by atoms with Gasteiger partial charge in [-0.25, -0.2) is 5.10 Å². The molecule has 0 saturated carbocycles. The maximum Gasteiger partial charge on any atom is 0.252 e. The molecule has 1 aromatic heterocycles. The van der Waals surface area contributed by atoms with Crippen LogP contribution in [0.5, 0.6) is 0 Å². The minimum absolute atomic E-state index is 0.171. The molecular formula is C12H11N5OS. The molecule has 1 aromatic carbocycles. The van der Waals surface area contributed by atoms with Crippen LogP contribution in [-0.2, 0) is 4.79 Å². The average molecular weight is 273 g/mol. The molecule has 1 aliphatic rings. The lowest BCUT2D eigenvalue weighted by atomic mass is 10.2. The number of aliphatic imine (C=N–C) groups is 1. The number of nitrogens with zero attached hydrogens (tertiary/aromatic N) is 3. The van der Waals surface area contributed by atoms with E-state index in [4.69, 9.17) is 0 Å². The van der Waals surface area contributed by atoms with Crippen molar-refractivity contribution in [3.8, 4) is 0 Å². The number of rotatable bonds is 3. The van der Waals surface area contributed by atoms with Gasteiger partial charge < -0.3 is 0 Å². The summed E-state index contributed by atoms with van der Waals surface area (Å²) in [6.07, 6.45) is 1.34. The highest BCUT2D eigenvalue weighted by Gasteiger charge is 2.26. The van der Waals surface area contributed by atoms with Crippen LogP contribution >= 0.6 is 11.8 Å². The van der Waals surface area contributed by atoms with Gasteiger partial charge in [0, 0.05) is 11.3 Å². The summed E-state index contributed by atoms with van der Waals surface area (Å²) < 4.78 is 0. The summed E-state index contributed by atoms with van der Waals surface area (Å²) in [6, 6.07) is 9.47. The van der Waals surface area contributed by atoms with Gasteiger partial charge in [0.15, 0.2) is 0 Å². The number of carbonyl (C=O) groups excluding carboxylic acids is 1. The van der Waals surface area contributed by atoms with Gasteiger partial charge in [-0.1, -0.05) is 30.3 Å². The van der Waals surface area contributed by atoms with Crippen LogP contribution in [-0.4, -0.2) is 37.9 Å². The summed E-state index contributed by atoms with van der Waals surface area (Å²) in [5.74, 6) is 0.818. The topological polar surface area (TPSA) is 83.0 Å². The molecule has 1 unspecified atom stereocenters. The van der Waals surface area contributed by atoms with Crippen LogP contribution in [0, 0.1) is 0 Å². The number of hydrogen-bond acceptors (Lipinski definition) is 5. The van der Waals surface area contributed by atoms with Crippen LogP contribution in [0.4, 0.5) is 5.95 Å². The molecule has 19 heavy (non-hydrogen) atoms. The van der Waals surface area contributed by atoms with Crippen molar-refractivity contribution >= 4 is 28.7 Å². The first-order chi connectivity index (χ1) is 9.33. The summed E-state index contributed by atoms with van der Waals surface area (Å²) in [5, 5.41) is 9.81. The van der Waals surface area contributed by atoms with Crippen LogP contribution in [0.2, 0.25) is 0 Å². The minimum atomic E-state index is -0.384. The molecule has 1 amide bonds. The summed E-state index contributed by atoms with van der Waals surface area (Å²) in [7, 11) is 0. The zero-order valence-corrected chi connectivity index (χ0v) is 10.7. The fourth-order valence-corrected chi connectivity index (χ4v) is 2.76. The zero-order chi connectivity index (χ0) is 13.1. The molecule has 0 spiro atoms. The van der Waals surface area contributed by atoms with E-state index in [1.165, 1.54) is 6.33 Å². The van der Waals surface area contributed by atoms with E-state index in [1.807, 2.05) is 30.3 Å². The van der Waals surface area contributed by atoms with E-state index in [0.717, 1.165) is 10.6 Å². The Labute approximate surface area is 113 Å². The number of carbonyl (C=O) groups is 1. The van der Waals surface area contributed by atoms with Crippen molar-refractivity contribution in [3.05, 3.63) is 42.2 Å². The van der Waals surface area contributed by atoms with Gasteiger partial charge in [0.05, 0.1) is 5.04 Å². The molecule has 2 aromatic rings. The first-order valence-electron chi connectivity index (χ1n) is 5.75. The van der Waals surface area contributed by atoms with Crippen molar-refractivity contribution in [3.63, 3.8) is 0 Å². The summed E-state index contributed by atoms with van der Waals surface area (Å²) >= 11 is 1.59. The Morgan fingerprint density at radius 3 is 2.95 bits per heavy atom. The SMILES string of the molecule is O=C(Nc1ncn[nH]1)C1CSC(c2ccccc2)=N1. The molecule has 0 aliphatic carbocycles. The number of amides is 1. The lowest BCUT2D eigenvalue weighted by Crippen LogP contribution is -2.27. The van der Waals surface area contributed by atoms with E-state index in [9.17, 15) is 4.79 Å². The number of nitrogens with one attached hydrogen (secondary N) is 2. The number of anilines is 1. The maximum absolute atomic E-state index is 12.0. The Kier molecular flexibility index (Phi) is 3.28. The van der Waals surface area contributed by atoms with E-state index in [2.05, 4.69) is 25.5 Å². The van der Waals surface area contributed by atoms with E-state index in [1.54, 1.807) is 11.8 Å². The molecule has 7 heteroatoms. The summed E-state index contributed by atoms with van der Waals surface area (Å²) in [4.78, 5) is 20.3. The summed E-state index contributed by atoms with van der Waals surface area (Å²) in [5.41, 5.74) is 1.04. The van der Waals surface area contributed by atoms with Crippen LogP contribution in [0.25, 0.3) is 0 Å². The Balaban J connectivity index is 1.71. The fraction of sp³-hybridized carbons (Fsp3) is 0.167. The van der Waals surface area contributed by atoms with E-state index in [-0.39, 0.29) is 11.9 Å². The molecule has 0 saturated heterocycles. The number of aromatic amines is 1. The Hall–Kier alpha value is -2.15. The first-order valence-corrected chi connectivity index (χ1v) is 6.74. The number of benzene rings is 1. The van der Waals surface area contributed by atoms with Gasteiger partial charge in [-0.05, 0) is 0 Å². The Morgan fingerprint density at radius 1 is 1.37 bits per heavy atom. The van der Waals surface area contributed by atoms with Gasteiger partial charge in [0.25, 0.3) is 5.91 Å². The predicted octanol–water partition coefficient (Wildman–Crippen LogP) is 1.31. The van der Waals surface area contributed by atoms with Crippen molar-refractivity contribution < 1.29 is 4.79 Å². The van der Waals surface area contributed by atoms with Crippen LogP contribution in [0.1, 0.15) is 5.56 Å². The number of hydrogen-bond donors (Lipinski definition) is 2. The molecule has 0 radical (unpaired) electrons. The van der Waals surface area contributed by atoms with Crippen molar-refractivity contribution in [2.45, 2.75) is 6.04 Å². The molecule has 1 aliphatic heterocycles. The van der Waals surface area contributed by atoms with Crippen LogP contribution in [0.15, 0.2) is 41.7 Å². The molecule has 3 rings (SSSR count). The third kappa shape index (κ3) is 2.65. The van der Waals surface area contributed by atoms with Gasteiger partial charge in [0.1, 0.15) is 12.4 Å². The van der Waals surface area contributed by atoms with Crippen molar-refractivity contribution in [2.24, 2.45) is 4.99 Å². The number of aromatic nitrogens is 3. The van der Waals surface area contributed by atoms with Crippen LogP contribution in [0.3, 0.4) is 0 Å². The lowest BCUT2D eigenvalue weighted by molar-refractivity contribution is -0.116. The monoisotopic (exact) mass is 273 g/mol. The van der Waals surface area contributed by atoms with E-state index >= 15 is 0 Å². The van der Waals surface area contributed by atoms with Gasteiger partial charge in [-0.15, -0.1) is 11.8 Å². The summed E-state index contributed by atoms with van der Waals surface area (Å²) in [6.45, 7) is 0. The Morgan fingerprint density at radius 2 is 2.21 bits per heavy atom.